The molecule has 4 nitrogen and oxygen atoms in total. The van der Waals surface area contributed by atoms with Crippen LogP contribution < -0.4 is 0 Å². The largest absolute Gasteiger partial charge is 0.475 e. The first kappa shape index (κ1) is 15.1. The lowest BCUT2D eigenvalue weighted by Crippen LogP contribution is -2.03. The quantitative estimate of drug-likeness (QED) is 0.910. The molecule has 4 rings (SSSR count). The van der Waals surface area contributed by atoms with Gasteiger partial charge < -0.3 is 5.11 Å². The number of carboxylic acid groups (broad SMARTS) is 1. The number of hydrogen-bond donors (Lipinski definition) is 1. The highest BCUT2D eigenvalue weighted by atomic mass is 16.4. The summed E-state index contributed by atoms with van der Waals surface area (Å²) in [6, 6.07) is 4.74. The molecule has 1 aromatic heterocycles. The average molecular weight is 320 g/mol. The Hall–Kier alpha value is -2.49. The Labute approximate surface area is 141 Å². The fraction of sp³-hybridized carbons (Fsp3) is 0.350. The van der Waals surface area contributed by atoms with Crippen molar-refractivity contribution in [3.8, 4) is 0 Å². The molecule has 0 radical (unpaired) electrons. The number of aromatic nitrogens is 2. The van der Waals surface area contributed by atoms with Crippen molar-refractivity contribution in [1.82, 2.24) is 9.97 Å². The van der Waals surface area contributed by atoms with Gasteiger partial charge in [0.05, 0.1) is 0 Å². The lowest BCUT2D eigenvalue weighted by Gasteiger charge is -2.18. The summed E-state index contributed by atoms with van der Waals surface area (Å²) in [6.45, 7) is 4.26. The molecule has 2 aliphatic rings. The second-order valence-electron chi connectivity index (χ2n) is 6.98. The molecular formula is C20H20N2O2. The zero-order chi connectivity index (χ0) is 16.8. The monoisotopic (exact) mass is 320 g/mol. The molecule has 1 N–H and O–H groups in total. The number of benzene rings is 1. The molecule has 1 aromatic carbocycles. The van der Waals surface area contributed by atoms with Crippen molar-refractivity contribution in [3.05, 3.63) is 58.2 Å². The number of fused-ring (bicyclic) bond motifs is 5. The van der Waals surface area contributed by atoms with Crippen LogP contribution >= 0.6 is 0 Å². The summed E-state index contributed by atoms with van der Waals surface area (Å²) in [6.07, 6.45) is 9.14. The van der Waals surface area contributed by atoms with Crippen LogP contribution in [0.4, 0.5) is 0 Å². The third kappa shape index (κ3) is 2.42. The van der Waals surface area contributed by atoms with Gasteiger partial charge in [0.15, 0.2) is 0 Å². The summed E-state index contributed by atoms with van der Waals surface area (Å²) < 4.78 is 0. The second-order valence-corrected chi connectivity index (χ2v) is 6.98. The first-order valence-corrected chi connectivity index (χ1v) is 8.41. The van der Waals surface area contributed by atoms with Crippen LogP contribution in [0.25, 0.3) is 11.6 Å². The predicted octanol–water partition coefficient (Wildman–Crippen LogP) is 4.41. The molecule has 4 heteroatoms. The van der Waals surface area contributed by atoms with Gasteiger partial charge in [-0.2, -0.15) is 0 Å². The lowest BCUT2D eigenvalue weighted by atomic mass is 9.86. The van der Waals surface area contributed by atoms with Gasteiger partial charge in [0.1, 0.15) is 0 Å². The van der Waals surface area contributed by atoms with Gasteiger partial charge in [-0.1, -0.05) is 12.1 Å². The van der Waals surface area contributed by atoms with Crippen LogP contribution in [-0.4, -0.2) is 21.0 Å². The summed E-state index contributed by atoms with van der Waals surface area (Å²) in [5.41, 5.74) is 7.65. The van der Waals surface area contributed by atoms with E-state index < -0.39 is 5.97 Å². The summed E-state index contributed by atoms with van der Waals surface area (Å²) in [5.74, 6) is 0.246. The minimum Gasteiger partial charge on any atom is -0.475 e. The fourth-order valence-corrected chi connectivity index (χ4v) is 4.28. The third-order valence-electron chi connectivity index (χ3n) is 5.41. The van der Waals surface area contributed by atoms with Gasteiger partial charge in [0.25, 0.3) is 0 Å². The molecule has 1 fully saturated rings. The molecule has 2 unspecified atom stereocenters. The number of aromatic carboxylic acids is 1. The number of carbonyl (C=O) groups is 1. The zero-order valence-corrected chi connectivity index (χ0v) is 13.9. The third-order valence-corrected chi connectivity index (χ3v) is 5.41. The van der Waals surface area contributed by atoms with E-state index in [4.69, 9.17) is 5.11 Å². The number of nitrogens with zero attached hydrogens (tertiary/aromatic N) is 2. The molecule has 2 atom stereocenters. The first-order chi connectivity index (χ1) is 11.5. The minimum absolute atomic E-state index is 0.172. The molecule has 24 heavy (non-hydrogen) atoms. The van der Waals surface area contributed by atoms with E-state index in [1.165, 1.54) is 36.0 Å². The van der Waals surface area contributed by atoms with Crippen LogP contribution in [0.15, 0.2) is 24.5 Å². The number of allylic oxidation sites excluding steroid dienone is 1. The van der Waals surface area contributed by atoms with Crippen LogP contribution in [0.5, 0.6) is 0 Å². The van der Waals surface area contributed by atoms with Gasteiger partial charge >= 0.3 is 5.97 Å². The topological polar surface area (TPSA) is 63.1 Å². The Balaban J connectivity index is 1.68. The van der Waals surface area contributed by atoms with E-state index in [9.17, 15) is 4.79 Å². The summed E-state index contributed by atoms with van der Waals surface area (Å²) in [4.78, 5) is 18.6. The predicted molar refractivity (Wildman–Crippen MR) is 93.0 cm³/mol. The standard InChI is InChI=1S/C20H20N2O2/c1-11(5-13-9-21-19(20(23)24)22-10-13)16-8-18-15-4-3-14(7-15)17(18)6-12(16)2/h5-6,8-10,14-15H,3-4,7H2,1-2H3,(H,23,24)/b11-5-. The summed E-state index contributed by atoms with van der Waals surface area (Å²) >= 11 is 0. The highest BCUT2D eigenvalue weighted by Crippen LogP contribution is 2.53. The first-order valence-electron chi connectivity index (χ1n) is 8.41. The maximum absolute atomic E-state index is 10.8. The normalized spacial score (nSPS) is 21.8. The summed E-state index contributed by atoms with van der Waals surface area (Å²) in [5, 5.41) is 8.87. The van der Waals surface area contributed by atoms with Crippen molar-refractivity contribution in [2.24, 2.45) is 0 Å². The van der Waals surface area contributed by atoms with Crippen LogP contribution in [0.3, 0.4) is 0 Å². The molecule has 2 bridgehead atoms. The van der Waals surface area contributed by atoms with E-state index in [0.29, 0.717) is 0 Å². The molecule has 0 amide bonds. The SMILES string of the molecule is C/C(=C/c1cnc(C(=O)O)nc1)c1cc2c(cc1C)C1CCC2C1. The van der Waals surface area contributed by atoms with E-state index in [-0.39, 0.29) is 5.82 Å². The van der Waals surface area contributed by atoms with E-state index in [1.807, 2.05) is 6.08 Å². The van der Waals surface area contributed by atoms with E-state index in [0.717, 1.165) is 23.0 Å². The molecule has 1 saturated carbocycles. The van der Waals surface area contributed by atoms with Crippen molar-refractivity contribution in [2.75, 3.05) is 0 Å². The Morgan fingerprint density at radius 1 is 1.17 bits per heavy atom. The molecule has 0 aliphatic heterocycles. The zero-order valence-electron chi connectivity index (χ0n) is 13.9. The van der Waals surface area contributed by atoms with Crippen molar-refractivity contribution >= 4 is 17.6 Å². The van der Waals surface area contributed by atoms with Gasteiger partial charge in [0.2, 0.25) is 5.82 Å². The van der Waals surface area contributed by atoms with Crippen LogP contribution in [0.2, 0.25) is 0 Å². The molecule has 2 aromatic rings. The molecule has 0 spiro atoms. The van der Waals surface area contributed by atoms with Gasteiger partial charge in [0, 0.05) is 18.0 Å². The minimum atomic E-state index is -1.10. The molecular weight excluding hydrogens is 300 g/mol. The van der Waals surface area contributed by atoms with Crippen LogP contribution in [-0.2, 0) is 0 Å². The second kappa shape index (κ2) is 5.55. The van der Waals surface area contributed by atoms with Gasteiger partial charge in [-0.05, 0) is 78.8 Å². The Bertz CT molecular complexity index is 853. The number of rotatable bonds is 3. The molecule has 2 aliphatic carbocycles. The van der Waals surface area contributed by atoms with Crippen molar-refractivity contribution in [3.63, 3.8) is 0 Å². The van der Waals surface area contributed by atoms with Gasteiger partial charge in [-0.25, -0.2) is 14.8 Å². The maximum atomic E-state index is 10.8. The fourth-order valence-electron chi connectivity index (χ4n) is 4.28. The highest BCUT2D eigenvalue weighted by Gasteiger charge is 2.37. The number of aryl methyl sites for hydroxylation is 1. The molecule has 1 heterocycles. The van der Waals surface area contributed by atoms with E-state index in [1.54, 1.807) is 18.0 Å². The van der Waals surface area contributed by atoms with Gasteiger partial charge in [-0.15, -0.1) is 0 Å². The van der Waals surface area contributed by atoms with Crippen LogP contribution in [0, 0.1) is 6.92 Å². The molecule has 122 valence electrons. The maximum Gasteiger partial charge on any atom is 0.373 e. The van der Waals surface area contributed by atoms with Crippen molar-refractivity contribution in [1.29, 1.82) is 0 Å². The Morgan fingerprint density at radius 3 is 2.42 bits per heavy atom. The van der Waals surface area contributed by atoms with E-state index >= 15 is 0 Å². The molecule has 0 saturated heterocycles. The number of hydrogen-bond acceptors (Lipinski definition) is 3. The van der Waals surface area contributed by atoms with E-state index in [2.05, 4.69) is 35.9 Å². The van der Waals surface area contributed by atoms with Crippen LogP contribution in [0.1, 0.15) is 76.5 Å². The Morgan fingerprint density at radius 2 is 1.79 bits per heavy atom. The average Bonchev–Trinajstić information content (AvgIpc) is 3.16. The number of carboxylic acids is 1. The van der Waals surface area contributed by atoms with Crippen molar-refractivity contribution in [2.45, 2.75) is 44.9 Å². The summed E-state index contributed by atoms with van der Waals surface area (Å²) in [7, 11) is 0. The lowest BCUT2D eigenvalue weighted by molar-refractivity contribution is 0.0683. The smallest absolute Gasteiger partial charge is 0.373 e. The van der Waals surface area contributed by atoms with Crippen molar-refractivity contribution < 1.29 is 9.90 Å². The highest BCUT2D eigenvalue weighted by molar-refractivity contribution is 5.84. The Kier molecular flexibility index (Phi) is 3.48. The van der Waals surface area contributed by atoms with Gasteiger partial charge in [-0.3, -0.25) is 0 Å².